The van der Waals surface area contributed by atoms with E-state index in [9.17, 15) is 8.42 Å². The summed E-state index contributed by atoms with van der Waals surface area (Å²) in [7, 11) is -1.38. The summed E-state index contributed by atoms with van der Waals surface area (Å²) in [4.78, 5) is 6.87. The van der Waals surface area contributed by atoms with Crippen LogP contribution in [0, 0.1) is 11.3 Å². The molecule has 1 aromatic rings. The zero-order chi connectivity index (χ0) is 18.2. The number of hydrogen-bond donors (Lipinski definition) is 0. The first-order chi connectivity index (χ1) is 12.5. The molecular formula is C19H29N3O3S. The summed E-state index contributed by atoms with van der Waals surface area (Å²) in [5.41, 5.74) is 1.17. The lowest BCUT2D eigenvalue weighted by molar-refractivity contribution is 0.0354. The van der Waals surface area contributed by atoms with Crippen molar-refractivity contribution in [3.05, 3.63) is 30.1 Å². The third kappa shape index (κ3) is 3.54. The number of aromatic nitrogens is 1. The highest BCUT2D eigenvalue weighted by molar-refractivity contribution is 7.90. The van der Waals surface area contributed by atoms with Gasteiger partial charge in [-0.15, -0.1) is 0 Å². The number of sulfonamides is 1. The van der Waals surface area contributed by atoms with Crippen molar-refractivity contribution >= 4 is 10.0 Å². The van der Waals surface area contributed by atoms with Crippen LogP contribution in [0.3, 0.4) is 0 Å². The van der Waals surface area contributed by atoms with E-state index in [4.69, 9.17) is 4.74 Å². The molecule has 26 heavy (non-hydrogen) atoms. The molecule has 0 aromatic carbocycles. The average molecular weight is 380 g/mol. The van der Waals surface area contributed by atoms with Crippen molar-refractivity contribution in [2.45, 2.75) is 37.5 Å². The van der Waals surface area contributed by atoms with Gasteiger partial charge in [0.05, 0.1) is 17.6 Å². The molecule has 144 valence electrons. The molecule has 0 radical (unpaired) electrons. The Hall–Kier alpha value is -1.02. The Kier molecular flexibility index (Phi) is 5.07. The second kappa shape index (κ2) is 7.19. The quantitative estimate of drug-likeness (QED) is 0.753. The molecule has 0 amide bonds. The predicted octanol–water partition coefficient (Wildman–Crippen LogP) is 1.73. The second-order valence-electron chi connectivity index (χ2n) is 8.15. The van der Waals surface area contributed by atoms with Gasteiger partial charge in [-0.05, 0) is 56.3 Å². The van der Waals surface area contributed by atoms with Crippen molar-refractivity contribution in [3.8, 4) is 0 Å². The van der Waals surface area contributed by atoms with Crippen LogP contribution in [0.25, 0.3) is 0 Å². The third-order valence-electron chi connectivity index (χ3n) is 6.42. The molecule has 1 aliphatic carbocycles. The van der Waals surface area contributed by atoms with Gasteiger partial charge >= 0.3 is 0 Å². The van der Waals surface area contributed by atoms with Gasteiger partial charge in [-0.25, -0.2) is 12.7 Å². The van der Waals surface area contributed by atoms with Crippen molar-refractivity contribution in [2.75, 3.05) is 39.9 Å². The molecule has 0 bridgehead atoms. The van der Waals surface area contributed by atoms with E-state index in [1.54, 1.807) is 11.4 Å². The summed E-state index contributed by atoms with van der Waals surface area (Å²) in [6.45, 7) is 4.82. The summed E-state index contributed by atoms with van der Waals surface area (Å²) >= 11 is 0. The molecule has 7 heteroatoms. The molecule has 3 aliphatic rings. The summed E-state index contributed by atoms with van der Waals surface area (Å²) in [5, 5.41) is -0.120. The number of piperidine rings is 1. The lowest BCUT2D eigenvalue weighted by atomic mass is 9.71. The van der Waals surface area contributed by atoms with Crippen LogP contribution in [0.15, 0.2) is 24.4 Å². The maximum Gasteiger partial charge on any atom is 0.217 e. The molecule has 6 nitrogen and oxygen atoms in total. The van der Waals surface area contributed by atoms with Gasteiger partial charge in [0, 0.05) is 38.9 Å². The van der Waals surface area contributed by atoms with E-state index < -0.39 is 10.0 Å². The van der Waals surface area contributed by atoms with Gasteiger partial charge in [-0.2, -0.15) is 0 Å². The molecule has 2 aliphatic heterocycles. The van der Waals surface area contributed by atoms with Crippen LogP contribution < -0.4 is 0 Å². The second-order valence-corrected chi connectivity index (χ2v) is 10.4. The minimum absolute atomic E-state index is 0.0680. The smallest absolute Gasteiger partial charge is 0.217 e. The average Bonchev–Trinajstić information content (AvgIpc) is 3.44. The van der Waals surface area contributed by atoms with Crippen LogP contribution in [0.5, 0.6) is 0 Å². The van der Waals surface area contributed by atoms with Crippen molar-refractivity contribution in [1.82, 2.24) is 14.2 Å². The molecule has 1 saturated carbocycles. The van der Waals surface area contributed by atoms with Crippen LogP contribution >= 0.6 is 0 Å². The van der Waals surface area contributed by atoms with Crippen molar-refractivity contribution in [1.29, 1.82) is 0 Å². The maximum absolute atomic E-state index is 12.7. The summed E-state index contributed by atoms with van der Waals surface area (Å²) in [5.74, 6) is 0.304. The molecule has 3 fully saturated rings. The Morgan fingerprint density at radius 1 is 1.27 bits per heavy atom. The van der Waals surface area contributed by atoms with E-state index in [0.29, 0.717) is 25.6 Å². The van der Waals surface area contributed by atoms with Gasteiger partial charge in [-0.3, -0.25) is 9.88 Å². The van der Waals surface area contributed by atoms with Crippen molar-refractivity contribution < 1.29 is 13.2 Å². The Bertz CT molecular complexity index is 713. The van der Waals surface area contributed by atoms with Gasteiger partial charge in [0.1, 0.15) is 0 Å². The Balaban J connectivity index is 1.43. The minimum Gasteiger partial charge on any atom is -0.384 e. The predicted molar refractivity (Wildman–Crippen MR) is 100 cm³/mol. The SMILES string of the molecule is COC[C@@H]1CN(S(=O)(=O)C2CC2)CC12CCN(Cc1ccccn1)CC2. The van der Waals surface area contributed by atoms with Crippen LogP contribution in [0.1, 0.15) is 31.4 Å². The van der Waals surface area contributed by atoms with E-state index in [0.717, 1.165) is 51.0 Å². The molecule has 2 saturated heterocycles. The number of methoxy groups -OCH3 is 1. The number of ether oxygens (including phenoxy) is 1. The van der Waals surface area contributed by atoms with Crippen molar-refractivity contribution in [2.24, 2.45) is 11.3 Å². The molecular weight excluding hydrogens is 350 g/mol. The third-order valence-corrected chi connectivity index (χ3v) is 8.73. The van der Waals surface area contributed by atoms with Gasteiger partial charge in [0.2, 0.25) is 10.0 Å². The van der Waals surface area contributed by atoms with Crippen LogP contribution in [0.4, 0.5) is 0 Å². The van der Waals surface area contributed by atoms with Gasteiger partial charge < -0.3 is 4.74 Å². The lowest BCUT2D eigenvalue weighted by Gasteiger charge is -2.42. The maximum atomic E-state index is 12.7. The standard InChI is InChI=1S/C19H29N3O3S/c1-25-14-16-12-22(26(23,24)18-5-6-18)15-19(16)7-10-21(11-8-19)13-17-4-2-3-9-20-17/h2-4,9,16,18H,5-8,10-15H2,1H3/t16-/m0/s1. The first-order valence-electron chi connectivity index (χ1n) is 9.64. The Morgan fingerprint density at radius 2 is 2.04 bits per heavy atom. The zero-order valence-corrected chi connectivity index (χ0v) is 16.3. The Morgan fingerprint density at radius 3 is 2.65 bits per heavy atom. The van der Waals surface area contributed by atoms with Crippen LogP contribution in [0.2, 0.25) is 0 Å². The van der Waals surface area contributed by atoms with Gasteiger partial charge in [0.15, 0.2) is 0 Å². The number of rotatable bonds is 6. The number of hydrogen-bond acceptors (Lipinski definition) is 5. The Labute approximate surface area is 156 Å². The van der Waals surface area contributed by atoms with E-state index in [2.05, 4.69) is 16.0 Å². The summed E-state index contributed by atoms with van der Waals surface area (Å²) in [6, 6.07) is 6.04. The minimum atomic E-state index is -3.10. The summed E-state index contributed by atoms with van der Waals surface area (Å²) in [6.07, 6.45) is 5.57. The highest BCUT2D eigenvalue weighted by atomic mass is 32.2. The molecule has 3 heterocycles. The first-order valence-corrected chi connectivity index (χ1v) is 11.1. The fourth-order valence-electron chi connectivity index (χ4n) is 4.63. The monoisotopic (exact) mass is 379 g/mol. The fourth-order valence-corrected chi connectivity index (χ4v) is 6.61. The summed E-state index contributed by atoms with van der Waals surface area (Å²) < 4.78 is 32.7. The molecule has 1 spiro atoms. The number of likely N-dealkylation sites (tertiary alicyclic amines) is 1. The highest BCUT2D eigenvalue weighted by Gasteiger charge is 2.53. The molecule has 4 rings (SSSR count). The zero-order valence-electron chi connectivity index (χ0n) is 15.5. The van der Waals surface area contributed by atoms with E-state index in [1.807, 2.05) is 18.3 Å². The fraction of sp³-hybridized carbons (Fsp3) is 0.737. The van der Waals surface area contributed by atoms with E-state index in [1.165, 1.54) is 0 Å². The normalized spacial score (nSPS) is 27.2. The largest absolute Gasteiger partial charge is 0.384 e. The van der Waals surface area contributed by atoms with Crippen molar-refractivity contribution in [3.63, 3.8) is 0 Å². The topological polar surface area (TPSA) is 62.7 Å². The van der Waals surface area contributed by atoms with E-state index >= 15 is 0 Å². The molecule has 0 N–H and O–H groups in total. The van der Waals surface area contributed by atoms with Crippen LogP contribution in [-0.2, 0) is 21.3 Å². The van der Waals surface area contributed by atoms with E-state index in [-0.39, 0.29) is 10.7 Å². The van der Waals surface area contributed by atoms with Gasteiger partial charge in [0.25, 0.3) is 0 Å². The molecule has 1 aromatic heterocycles. The van der Waals surface area contributed by atoms with Gasteiger partial charge in [-0.1, -0.05) is 6.07 Å². The lowest BCUT2D eigenvalue weighted by Crippen LogP contribution is -2.45. The van der Waals surface area contributed by atoms with Crippen LogP contribution in [-0.4, -0.2) is 67.8 Å². The number of pyridine rings is 1. The first kappa shape index (κ1) is 18.3. The molecule has 0 unspecified atom stereocenters. The molecule has 1 atom stereocenters. The highest BCUT2D eigenvalue weighted by Crippen LogP contribution is 2.47. The number of nitrogens with zero attached hydrogens (tertiary/aromatic N) is 3.